The zero-order chi connectivity index (χ0) is 16.9. The van der Waals surface area contributed by atoms with Gasteiger partial charge in [0.05, 0.1) is 16.9 Å². The summed E-state index contributed by atoms with van der Waals surface area (Å²) in [5.74, 6) is -0.464. The zero-order valence-corrected chi connectivity index (χ0v) is 13.8. The van der Waals surface area contributed by atoms with Crippen molar-refractivity contribution >= 4 is 29.1 Å². The predicted molar refractivity (Wildman–Crippen MR) is 91.2 cm³/mol. The molecule has 3 rings (SSSR count). The van der Waals surface area contributed by atoms with Crippen LogP contribution < -0.4 is 5.32 Å². The molecule has 2 aromatic rings. The number of hydrogen-bond acceptors (Lipinski definition) is 4. The van der Waals surface area contributed by atoms with Crippen LogP contribution in [-0.4, -0.2) is 39.8 Å². The first-order valence-corrected chi connectivity index (χ1v) is 8.19. The highest BCUT2D eigenvalue weighted by Crippen LogP contribution is 2.25. The van der Waals surface area contributed by atoms with Gasteiger partial charge in [0, 0.05) is 31.0 Å². The van der Waals surface area contributed by atoms with E-state index in [0.717, 1.165) is 32.4 Å². The number of benzene rings is 1. The van der Waals surface area contributed by atoms with Crippen molar-refractivity contribution in [2.75, 3.05) is 18.4 Å². The molecular weight excluding hydrogens is 328 g/mol. The molecule has 0 unspecified atom stereocenters. The Labute approximate surface area is 144 Å². The second-order valence-corrected chi connectivity index (χ2v) is 6.00. The number of carbonyl (C=O) groups excluding carboxylic acids is 2. The van der Waals surface area contributed by atoms with Gasteiger partial charge in [0.25, 0.3) is 11.8 Å². The van der Waals surface area contributed by atoms with E-state index in [1.165, 1.54) is 18.6 Å². The molecule has 0 bridgehead atoms. The first-order chi connectivity index (χ1) is 11.6. The van der Waals surface area contributed by atoms with E-state index >= 15 is 0 Å². The van der Waals surface area contributed by atoms with Gasteiger partial charge in [-0.15, -0.1) is 0 Å². The van der Waals surface area contributed by atoms with Crippen LogP contribution in [0.15, 0.2) is 36.8 Å². The molecule has 1 aliphatic heterocycles. The van der Waals surface area contributed by atoms with Crippen molar-refractivity contribution in [3.8, 4) is 0 Å². The topological polar surface area (TPSA) is 75.2 Å². The normalized spacial score (nSPS) is 14.3. The maximum Gasteiger partial charge on any atom is 0.275 e. The maximum absolute atomic E-state index is 12.6. The fourth-order valence-corrected chi connectivity index (χ4v) is 2.80. The number of aromatic nitrogens is 2. The van der Waals surface area contributed by atoms with E-state index in [2.05, 4.69) is 15.3 Å². The van der Waals surface area contributed by atoms with E-state index in [4.69, 9.17) is 11.6 Å². The highest BCUT2D eigenvalue weighted by atomic mass is 35.5. The molecule has 24 heavy (non-hydrogen) atoms. The summed E-state index contributed by atoms with van der Waals surface area (Å²) in [5.41, 5.74) is 1.08. The van der Waals surface area contributed by atoms with Crippen molar-refractivity contribution in [3.05, 3.63) is 53.1 Å². The molecule has 1 aliphatic rings. The van der Waals surface area contributed by atoms with E-state index in [0.29, 0.717) is 16.3 Å². The molecule has 7 heteroatoms. The molecule has 0 saturated carbocycles. The summed E-state index contributed by atoms with van der Waals surface area (Å²) >= 11 is 6.14. The lowest BCUT2D eigenvalue weighted by molar-refractivity contribution is 0.0724. The third-order valence-corrected chi connectivity index (χ3v) is 4.23. The number of amides is 2. The minimum atomic E-state index is -0.424. The van der Waals surface area contributed by atoms with Crippen LogP contribution in [0.25, 0.3) is 0 Å². The molecule has 124 valence electrons. The number of likely N-dealkylation sites (tertiary alicyclic amines) is 1. The molecule has 1 N–H and O–H groups in total. The first kappa shape index (κ1) is 16.4. The highest BCUT2D eigenvalue weighted by molar-refractivity contribution is 6.34. The van der Waals surface area contributed by atoms with Crippen molar-refractivity contribution in [2.24, 2.45) is 0 Å². The summed E-state index contributed by atoms with van der Waals surface area (Å²) in [4.78, 5) is 34.4. The second-order valence-electron chi connectivity index (χ2n) is 5.59. The number of carbonyl (C=O) groups is 2. The number of hydrogen-bond donors (Lipinski definition) is 1. The average molecular weight is 345 g/mol. The van der Waals surface area contributed by atoms with Gasteiger partial charge in [0.1, 0.15) is 5.69 Å². The second kappa shape index (κ2) is 7.40. The van der Waals surface area contributed by atoms with Crippen LogP contribution >= 0.6 is 11.6 Å². The maximum atomic E-state index is 12.6. The van der Waals surface area contributed by atoms with E-state index in [1.54, 1.807) is 18.2 Å². The van der Waals surface area contributed by atoms with Gasteiger partial charge >= 0.3 is 0 Å². The van der Waals surface area contributed by atoms with Gasteiger partial charge < -0.3 is 10.2 Å². The van der Waals surface area contributed by atoms with Gasteiger partial charge in [-0.2, -0.15) is 0 Å². The molecule has 0 aliphatic carbocycles. The molecule has 0 radical (unpaired) electrons. The molecule has 6 nitrogen and oxygen atoms in total. The summed E-state index contributed by atoms with van der Waals surface area (Å²) in [6, 6.07) is 4.90. The third-order valence-electron chi connectivity index (χ3n) is 3.90. The standard InChI is InChI=1S/C17H17ClN4O2/c18-13-5-4-12(17(24)22-8-2-1-3-9-22)10-14(13)21-16(23)15-11-19-6-7-20-15/h4-7,10-11H,1-3,8-9H2,(H,21,23). The lowest BCUT2D eigenvalue weighted by Gasteiger charge is -2.27. The SMILES string of the molecule is O=C(Nc1cc(C(=O)N2CCCCC2)ccc1Cl)c1cnccn1. The van der Waals surface area contributed by atoms with Gasteiger partial charge in [-0.1, -0.05) is 11.6 Å². The number of rotatable bonds is 3. The Kier molecular flexibility index (Phi) is 5.05. The Morgan fingerprint density at radius 1 is 1.12 bits per heavy atom. The Morgan fingerprint density at radius 2 is 1.92 bits per heavy atom. The quantitative estimate of drug-likeness (QED) is 0.928. The van der Waals surface area contributed by atoms with E-state index in [9.17, 15) is 9.59 Å². The Balaban J connectivity index is 1.78. The van der Waals surface area contributed by atoms with Crippen molar-refractivity contribution in [1.29, 1.82) is 0 Å². The largest absolute Gasteiger partial charge is 0.339 e. The highest BCUT2D eigenvalue weighted by Gasteiger charge is 2.19. The molecule has 1 aromatic heterocycles. The summed E-state index contributed by atoms with van der Waals surface area (Å²) in [7, 11) is 0. The number of halogens is 1. The summed E-state index contributed by atoms with van der Waals surface area (Å²) in [5, 5.41) is 3.04. The number of nitrogens with one attached hydrogen (secondary N) is 1. The molecule has 1 saturated heterocycles. The van der Waals surface area contributed by atoms with Gasteiger partial charge in [-0.25, -0.2) is 4.98 Å². The Bertz CT molecular complexity index is 746. The van der Waals surface area contributed by atoms with Crippen LogP contribution in [-0.2, 0) is 0 Å². The lowest BCUT2D eigenvalue weighted by Crippen LogP contribution is -2.35. The van der Waals surface area contributed by atoms with Gasteiger partial charge in [0.15, 0.2) is 0 Å². The van der Waals surface area contributed by atoms with Crippen molar-refractivity contribution < 1.29 is 9.59 Å². The van der Waals surface area contributed by atoms with Crippen molar-refractivity contribution in [1.82, 2.24) is 14.9 Å². The van der Waals surface area contributed by atoms with E-state index < -0.39 is 5.91 Å². The van der Waals surface area contributed by atoms with Crippen LogP contribution in [0.4, 0.5) is 5.69 Å². The minimum Gasteiger partial charge on any atom is -0.339 e. The molecule has 0 atom stereocenters. The Morgan fingerprint density at radius 3 is 2.62 bits per heavy atom. The molecule has 1 aromatic carbocycles. The van der Waals surface area contributed by atoms with Gasteiger partial charge in [-0.3, -0.25) is 14.6 Å². The fraction of sp³-hybridized carbons (Fsp3) is 0.294. The molecule has 1 fully saturated rings. The summed E-state index contributed by atoms with van der Waals surface area (Å²) in [6.07, 6.45) is 7.50. The average Bonchev–Trinajstić information content (AvgIpc) is 2.64. The van der Waals surface area contributed by atoms with Crippen molar-refractivity contribution in [3.63, 3.8) is 0 Å². The van der Waals surface area contributed by atoms with Crippen LogP contribution in [0.5, 0.6) is 0 Å². The minimum absolute atomic E-state index is 0.0404. The van der Waals surface area contributed by atoms with Crippen LogP contribution in [0.1, 0.15) is 40.1 Å². The number of nitrogens with zero attached hydrogens (tertiary/aromatic N) is 3. The van der Waals surface area contributed by atoms with E-state index in [1.807, 2.05) is 4.90 Å². The molecule has 2 heterocycles. The fourth-order valence-electron chi connectivity index (χ4n) is 2.64. The molecule has 0 spiro atoms. The monoisotopic (exact) mass is 344 g/mol. The van der Waals surface area contributed by atoms with Gasteiger partial charge in [0.2, 0.25) is 0 Å². The van der Waals surface area contributed by atoms with Crippen molar-refractivity contribution in [2.45, 2.75) is 19.3 Å². The third kappa shape index (κ3) is 3.71. The summed E-state index contributed by atoms with van der Waals surface area (Å²) < 4.78 is 0. The van der Waals surface area contributed by atoms with Crippen LogP contribution in [0.3, 0.4) is 0 Å². The molecular formula is C17H17ClN4O2. The number of piperidine rings is 1. The van der Waals surface area contributed by atoms with Crippen LogP contribution in [0.2, 0.25) is 5.02 Å². The summed E-state index contributed by atoms with van der Waals surface area (Å²) in [6.45, 7) is 1.53. The number of anilines is 1. The first-order valence-electron chi connectivity index (χ1n) is 7.81. The lowest BCUT2D eigenvalue weighted by atomic mass is 10.1. The van der Waals surface area contributed by atoms with E-state index in [-0.39, 0.29) is 11.6 Å². The predicted octanol–water partition coefficient (Wildman–Crippen LogP) is 3.01. The smallest absolute Gasteiger partial charge is 0.275 e. The molecule has 2 amide bonds. The zero-order valence-electron chi connectivity index (χ0n) is 13.0. The van der Waals surface area contributed by atoms with Crippen LogP contribution in [0, 0.1) is 0 Å². The van der Waals surface area contributed by atoms with Gasteiger partial charge in [-0.05, 0) is 37.5 Å². The Hall–Kier alpha value is -2.47.